The number of rotatable bonds is 8. The lowest BCUT2D eigenvalue weighted by Gasteiger charge is -2.18. The summed E-state index contributed by atoms with van der Waals surface area (Å²) in [4.78, 5) is 13.4. The SMILES string of the molecule is CCOC(CCNC1CCN(C)C1=O)OCC. The zero-order valence-corrected chi connectivity index (χ0v) is 11.1. The predicted octanol–water partition coefficient (Wildman–Crippen LogP) is 0.596. The molecule has 1 atom stereocenters. The normalized spacial score (nSPS) is 20.6. The molecular formula is C12H24N2O3. The molecule has 5 heteroatoms. The van der Waals surface area contributed by atoms with Crippen molar-refractivity contribution in [2.75, 3.05) is 33.4 Å². The molecule has 0 aromatic carbocycles. The first-order valence-corrected chi connectivity index (χ1v) is 6.40. The van der Waals surface area contributed by atoms with Crippen molar-refractivity contribution in [2.45, 2.75) is 39.0 Å². The molecule has 17 heavy (non-hydrogen) atoms. The second kappa shape index (κ2) is 7.63. The molecule has 1 unspecified atom stereocenters. The van der Waals surface area contributed by atoms with Gasteiger partial charge < -0.3 is 19.7 Å². The van der Waals surface area contributed by atoms with E-state index in [9.17, 15) is 4.79 Å². The monoisotopic (exact) mass is 244 g/mol. The topological polar surface area (TPSA) is 50.8 Å². The number of hydrogen-bond acceptors (Lipinski definition) is 4. The maximum absolute atomic E-state index is 11.6. The molecule has 1 saturated heterocycles. The molecule has 1 fully saturated rings. The molecule has 5 nitrogen and oxygen atoms in total. The third kappa shape index (κ3) is 4.61. The van der Waals surface area contributed by atoms with Gasteiger partial charge in [0.1, 0.15) is 0 Å². The molecule has 1 rings (SSSR count). The van der Waals surface area contributed by atoms with Gasteiger partial charge in [0.05, 0.1) is 6.04 Å². The third-order valence-corrected chi connectivity index (χ3v) is 2.90. The molecule has 0 saturated carbocycles. The molecule has 0 aromatic rings. The molecule has 1 aliphatic rings. The fraction of sp³-hybridized carbons (Fsp3) is 0.917. The van der Waals surface area contributed by atoms with Crippen molar-refractivity contribution in [3.05, 3.63) is 0 Å². The van der Waals surface area contributed by atoms with Gasteiger partial charge in [0.15, 0.2) is 6.29 Å². The van der Waals surface area contributed by atoms with E-state index >= 15 is 0 Å². The van der Waals surface area contributed by atoms with E-state index in [0.717, 1.165) is 25.9 Å². The van der Waals surface area contributed by atoms with Crippen molar-refractivity contribution in [1.82, 2.24) is 10.2 Å². The molecule has 1 amide bonds. The van der Waals surface area contributed by atoms with Crippen LogP contribution in [0, 0.1) is 0 Å². The Labute approximate surface area is 103 Å². The van der Waals surface area contributed by atoms with Gasteiger partial charge in [0.25, 0.3) is 0 Å². The number of nitrogens with one attached hydrogen (secondary N) is 1. The van der Waals surface area contributed by atoms with Gasteiger partial charge in [-0.05, 0) is 20.3 Å². The number of amides is 1. The second-order valence-electron chi connectivity index (χ2n) is 4.18. The Balaban J connectivity index is 2.19. The van der Waals surface area contributed by atoms with Crippen LogP contribution in [-0.2, 0) is 14.3 Å². The highest BCUT2D eigenvalue weighted by molar-refractivity contribution is 5.83. The summed E-state index contributed by atoms with van der Waals surface area (Å²) in [6.07, 6.45) is 1.50. The molecule has 0 bridgehead atoms. The lowest BCUT2D eigenvalue weighted by Crippen LogP contribution is -2.38. The predicted molar refractivity (Wildman–Crippen MR) is 65.7 cm³/mol. The number of likely N-dealkylation sites (N-methyl/N-ethyl adjacent to an activating group) is 1. The maximum atomic E-state index is 11.6. The van der Waals surface area contributed by atoms with Crippen LogP contribution in [0.2, 0.25) is 0 Å². The Kier molecular flexibility index (Phi) is 6.47. The minimum absolute atomic E-state index is 0.0242. The molecule has 0 aromatic heterocycles. The van der Waals surface area contributed by atoms with Gasteiger partial charge in [0.2, 0.25) is 5.91 Å². The molecule has 1 heterocycles. The van der Waals surface area contributed by atoms with Gasteiger partial charge in [-0.3, -0.25) is 4.79 Å². The quantitative estimate of drug-likeness (QED) is 0.635. The van der Waals surface area contributed by atoms with Crippen LogP contribution in [0.1, 0.15) is 26.7 Å². The summed E-state index contributed by atoms with van der Waals surface area (Å²) < 4.78 is 10.9. The summed E-state index contributed by atoms with van der Waals surface area (Å²) in [7, 11) is 1.84. The largest absolute Gasteiger partial charge is 0.353 e. The second-order valence-corrected chi connectivity index (χ2v) is 4.18. The Hall–Kier alpha value is -0.650. The van der Waals surface area contributed by atoms with Crippen LogP contribution in [-0.4, -0.2) is 56.5 Å². The van der Waals surface area contributed by atoms with Gasteiger partial charge >= 0.3 is 0 Å². The smallest absolute Gasteiger partial charge is 0.239 e. The van der Waals surface area contributed by atoms with E-state index in [-0.39, 0.29) is 18.2 Å². The molecular weight excluding hydrogens is 220 g/mol. The molecule has 0 spiro atoms. The van der Waals surface area contributed by atoms with Gasteiger partial charge in [-0.15, -0.1) is 0 Å². The van der Waals surface area contributed by atoms with Gasteiger partial charge in [-0.1, -0.05) is 0 Å². The standard InChI is InChI=1S/C12H24N2O3/c1-4-16-11(17-5-2)6-8-13-10-7-9-14(3)12(10)15/h10-11,13H,4-9H2,1-3H3. The number of nitrogens with zero attached hydrogens (tertiary/aromatic N) is 1. The Bertz CT molecular complexity index is 230. The van der Waals surface area contributed by atoms with E-state index in [1.165, 1.54) is 0 Å². The zero-order valence-electron chi connectivity index (χ0n) is 11.1. The van der Waals surface area contributed by atoms with Crippen molar-refractivity contribution in [3.8, 4) is 0 Å². The highest BCUT2D eigenvalue weighted by Crippen LogP contribution is 2.09. The summed E-state index contributed by atoms with van der Waals surface area (Å²) in [5, 5.41) is 3.26. The molecule has 1 aliphatic heterocycles. The summed E-state index contributed by atoms with van der Waals surface area (Å²) in [5.74, 6) is 0.189. The molecule has 100 valence electrons. The molecule has 0 aliphatic carbocycles. The maximum Gasteiger partial charge on any atom is 0.239 e. The van der Waals surface area contributed by atoms with Crippen molar-refractivity contribution in [2.24, 2.45) is 0 Å². The van der Waals surface area contributed by atoms with Crippen LogP contribution in [0.3, 0.4) is 0 Å². The van der Waals surface area contributed by atoms with Crippen LogP contribution >= 0.6 is 0 Å². The summed E-state index contributed by atoms with van der Waals surface area (Å²) in [6.45, 7) is 6.79. The zero-order chi connectivity index (χ0) is 12.7. The summed E-state index contributed by atoms with van der Waals surface area (Å²) in [5.41, 5.74) is 0. The number of hydrogen-bond donors (Lipinski definition) is 1. The average molecular weight is 244 g/mol. The highest BCUT2D eigenvalue weighted by Gasteiger charge is 2.28. The fourth-order valence-corrected chi connectivity index (χ4v) is 1.97. The van der Waals surface area contributed by atoms with E-state index in [1.54, 1.807) is 4.90 Å². The first kappa shape index (κ1) is 14.4. The van der Waals surface area contributed by atoms with Crippen molar-refractivity contribution >= 4 is 5.91 Å². The van der Waals surface area contributed by atoms with Crippen LogP contribution in [0.4, 0.5) is 0 Å². The number of carbonyl (C=O) groups is 1. The van der Waals surface area contributed by atoms with Gasteiger partial charge in [0, 0.05) is 39.8 Å². The third-order valence-electron chi connectivity index (χ3n) is 2.90. The summed E-state index contributed by atoms with van der Waals surface area (Å²) in [6, 6.07) is -0.0242. The highest BCUT2D eigenvalue weighted by atomic mass is 16.7. The molecule has 1 N–H and O–H groups in total. The van der Waals surface area contributed by atoms with Crippen LogP contribution < -0.4 is 5.32 Å². The minimum atomic E-state index is -0.160. The fourth-order valence-electron chi connectivity index (χ4n) is 1.97. The van der Waals surface area contributed by atoms with E-state index < -0.39 is 0 Å². The van der Waals surface area contributed by atoms with Gasteiger partial charge in [-0.2, -0.15) is 0 Å². The average Bonchev–Trinajstić information content (AvgIpc) is 2.61. The first-order valence-electron chi connectivity index (χ1n) is 6.40. The van der Waals surface area contributed by atoms with Crippen LogP contribution in [0.15, 0.2) is 0 Å². The molecule has 0 radical (unpaired) electrons. The Morgan fingerprint density at radius 3 is 2.53 bits per heavy atom. The van der Waals surface area contributed by atoms with Crippen LogP contribution in [0.5, 0.6) is 0 Å². The summed E-state index contributed by atoms with van der Waals surface area (Å²) >= 11 is 0. The Morgan fingerprint density at radius 1 is 1.41 bits per heavy atom. The van der Waals surface area contributed by atoms with Crippen LogP contribution in [0.25, 0.3) is 0 Å². The lowest BCUT2D eigenvalue weighted by atomic mass is 10.2. The van der Waals surface area contributed by atoms with E-state index in [0.29, 0.717) is 13.2 Å². The number of ether oxygens (including phenoxy) is 2. The number of likely N-dealkylation sites (tertiary alicyclic amines) is 1. The first-order chi connectivity index (χ1) is 8.19. The van der Waals surface area contributed by atoms with E-state index in [4.69, 9.17) is 9.47 Å². The minimum Gasteiger partial charge on any atom is -0.353 e. The number of carbonyl (C=O) groups excluding carboxylic acids is 1. The van der Waals surface area contributed by atoms with Gasteiger partial charge in [-0.25, -0.2) is 0 Å². The van der Waals surface area contributed by atoms with Crippen molar-refractivity contribution in [1.29, 1.82) is 0 Å². The lowest BCUT2D eigenvalue weighted by molar-refractivity contribution is -0.139. The van der Waals surface area contributed by atoms with Crippen molar-refractivity contribution in [3.63, 3.8) is 0 Å². The van der Waals surface area contributed by atoms with E-state index in [2.05, 4.69) is 5.32 Å². The Morgan fingerprint density at radius 2 is 2.06 bits per heavy atom. The van der Waals surface area contributed by atoms with Crippen molar-refractivity contribution < 1.29 is 14.3 Å². The van der Waals surface area contributed by atoms with E-state index in [1.807, 2.05) is 20.9 Å².